The predicted molar refractivity (Wildman–Crippen MR) is 44.3 cm³/mol. The van der Waals surface area contributed by atoms with Crippen LogP contribution in [0.2, 0.25) is 0 Å². The van der Waals surface area contributed by atoms with Gasteiger partial charge in [-0.1, -0.05) is 0 Å². The molecule has 0 unspecified atom stereocenters. The van der Waals surface area contributed by atoms with Gasteiger partial charge in [0.2, 0.25) is 0 Å². The fourth-order valence-corrected chi connectivity index (χ4v) is 0.811. The summed E-state index contributed by atoms with van der Waals surface area (Å²) in [5, 5.41) is 3.35. The van der Waals surface area contributed by atoms with Crippen LogP contribution in [0.4, 0.5) is 0 Å². The molecule has 0 saturated carbocycles. The zero-order valence-electron chi connectivity index (χ0n) is 6.81. The number of aliphatic imine (C=N–C) groups is 1. The lowest BCUT2D eigenvalue weighted by molar-refractivity contribution is 0.513. The van der Waals surface area contributed by atoms with Gasteiger partial charge < -0.3 is 5.32 Å². The van der Waals surface area contributed by atoms with E-state index in [1.165, 1.54) is 0 Å². The molecule has 0 fully saturated rings. The summed E-state index contributed by atoms with van der Waals surface area (Å²) in [5.74, 6) is 0. The minimum Gasteiger partial charge on any atom is -0.303 e. The molecule has 1 N–H and O–H groups in total. The van der Waals surface area contributed by atoms with Crippen molar-refractivity contribution in [1.29, 1.82) is 0 Å². The van der Waals surface area contributed by atoms with Crippen molar-refractivity contribution in [3.8, 4) is 0 Å². The molecule has 0 aromatic carbocycles. The minimum atomic E-state index is 0.0985. The van der Waals surface area contributed by atoms with Crippen LogP contribution in [0.1, 0.15) is 20.8 Å². The maximum Gasteiger partial charge on any atom is 0.0344 e. The molecule has 0 aromatic heterocycles. The van der Waals surface area contributed by atoms with Crippen LogP contribution >= 0.6 is 0 Å². The second kappa shape index (κ2) is 2.54. The Labute approximate surface area is 62.0 Å². The third-order valence-electron chi connectivity index (χ3n) is 1.59. The van der Waals surface area contributed by atoms with E-state index in [-0.39, 0.29) is 5.54 Å². The van der Waals surface area contributed by atoms with E-state index in [0.717, 1.165) is 12.3 Å². The first-order valence-corrected chi connectivity index (χ1v) is 3.56. The molecule has 1 aliphatic rings. The van der Waals surface area contributed by atoms with Crippen LogP contribution < -0.4 is 5.32 Å². The standard InChI is InChI=1S/C8H14N2/c1-7-6-10-8(2,3)4-5-9-7/h4-5,10H,6H2,1-3H3. The predicted octanol–water partition coefficient (Wildman–Crippen LogP) is 1.34. The fraction of sp³-hybridized carbons (Fsp3) is 0.625. The maximum atomic E-state index is 4.19. The third-order valence-corrected chi connectivity index (χ3v) is 1.59. The first kappa shape index (κ1) is 7.48. The monoisotopic (exact) mass is 138 g/mol. The van der Waals surface area contributed by atoms with Crippen molar-refractivity contribution in [3.63, 3.8) is 0 Å². The zero-order valence-corrected chi connectivity index (χ0v) is 6.81. The van der Waals surface area contributed by atoms with Gasteiger partial charge in [-0.3, -0.25) is 4.99 Å². The van der Waals surface area contributed by atoms with E-state index in [4.69, 9.17) is 0 Å². The molecule has 10 heavy (non-hydrogen) atoms. The van der Waals surface area contributed by atoms with E-state index in [0.29, 0.717) is 0 Å². The summed E-state index contributed by atoms with van der Waals surface area (Å²) in [7, 11) is 0. The van der Waals surface area contributed by atoms with Gasteiger partial charge in [0.05, 0.1) is 0 Å². The van der Waals surface area contributed by atoms with Gasteiger partial charge >= 0.3 is 0 Å². The summed E-state index contributed by atoms with van der Waals surface area (Å²) in [4.78, 5) is 4.19. The fourth-order valence-electron chi connectivity index (χ4n) is 0.811. The lowest BCUT2D eigenvalue weighted by Gasteiger charge is -2.19. The number of nitrogens with zero attached hydrogens (tertiary/aromatic N) is 1. The molecule has 0 amide bonds. The van der Waals surface area contributed by atoms with E-state index >= 15 is 0 Å². The molecular formula is C8H14N2. The van der Waals surface area contributed by atoms with E-state index < -0.39 is 0 Å². The van der Waals surface area contributed by atoms with Gasteiger partial charge in [-0.25, -0.2) is 0 Å². The quantitative estimate of drug-likeness (QED) is 0.536. The molecule has 2 heteroatoms. The van der Waals surface area contributed by atoms with Gasteiger partial charge in [-0.15, -0.1) is 0 Å². The van der Waals surface area contributed by atoms with E-state index in [1.807, 2.05) is 13.1 Å². The Bertz CT molecular complexity index is 178. The van der Waals surface area contributed by atoms with Crippen molar-refractivity contribution in [2.45, 2.75) is 26.3 Å². The second-order valence-electron chi connectivity index (χ2n) is 3.26. The van der Waals surface area contributed by atoms with Crippen molar-refractivity contribution in [3.05, 3.63) is 12.3 Å². The molecule has 0 spiro atoms. The summed E-state index contributed by atoms with van der Waals surface area (Å²) in [6.07, 6.45) is 3.94. The minimum absolute atomic E-state index is 0.0985. The Morgan fingerprint density at radius 1 is 1.60 bits per heavy atom. The Kier molecular flexibility index (Phi) is 1.90. The van der Waals surface area contributed by atoms with Gasteiger partial charge in [0.25, 0.3) is 0 Å². The summed E-state index contributed by atoms with van der Waals surface area (Å²) in [6, 6.07) is 0. The molecule has 0 bridgehead atoms. The van der Waals surface area contributed by atoms with Crippen molar-refractivity contribution in [2.24, 2.45) is 4.99 Å². The summed E-state index contributed by atoms with van der Waals surface area (Å²) >= 11 is 0. The first-order chi connectivity index (χ1) is 4.60. The lowest BCUT2D eigenvalue weighted by atomic mass is 10.1. The molecule has 1 heterocycles. The van der Waals surface area contributed by atoms with Gasteiger partial charge in [0, 0.05) is 24.0 Å². The average Bonchev–Trinajstić information content (AvgIpc) is 1.94. The molecule has 1 aliphatic heterocycles. The molecule has 56 valence electrons. The van der Waals surface area contributed by atoms with E-state index in [9.17, 15) is 0 Å². The Balaban J connectivity index is 2.67. The average molecular weight is 138 g/mol. The second-order valence-corrected chi connectivity index (χ2v) is 3.26. The van der Waals surface area contributed by atoms with Gasteiger partial charge in [0.15, 0.2) is 0 Å². The highest BCUT2D eigenvalue weighted by Gasteiger charge is 2.13. The molecule has 1 rings (SSSR count). The highest BCUT2D eigenvalue weighted by molar-refractivity contribution is 5.84. The Morgan fingerprint density at radius 2 is 2.30 bits per heavy atom. The van der Waals surface area contributed by atoms with Crippen LogP contribution in [0.15, 0.2) is 17.3 Å². The number of hydrogen-bond acceptors (Lipinski definition) is 2. The Hall–Kier alpha value is -0.630. The highest BCUT2D eigenvalue weighted by atomic mass is 15.0. The van der Waals surface area contributed by atoms with Gasteiger partial charge in [-0.05, 0) is 26.8 Å². The van der Waals surface area contributed by atoms with Crippen LogP contribution in [0.25, 0.3) is 0 Å². The van der Waals surface area contributed by atoms with Crippen molar-refractivity contribution in [2.75, 3.05) is 6.54 Å². The largest absolute Gasteiger partial charge is 0.303 e. The molecule has 2 nitrogen and oxygen atoms in total. The summed E-state index contributed by atoms with van der Waals surface area (Å²) < 4.78 is 0. The van der Waals surface area contributed by atoms with Crippen LogP contribution in [-0.4, -0.2) is 17.8 Å². The molecule has 0 aliphatic carbocycles. The number of nitrogens with one attached hydrogen (secondary N) is 1. The summed E-state index contributed by atoms with van der Waals surface area (Å²) in [5.41, 5.74) is 1.24. The normalized spacial score (nSPS) is 23.7. The third kappa shape index (κ3) is 1.95. The number of hydrogen-bond donors (Lipinski definition) is 1. The van der Waals surface area contributed by atoms with Crippen molar-refractivity contribution < 1.29 is 0 Å². The van der Waals surface area contributed by atoms with E-state index in [2.05, 4.69) is 30.2 Å². The van der Waals surface area contributed by atoms with Crippen LogP contribution in [0.3, 0.4) is 0 Å². The molecule has 0 radical (unpaired) electrons. The van der Waals surface area contributed by atoms with Gasteiger partial charge in [0.1, 0.15) is 0 Å². The summed E-state index contributed by atoms with van der Waals surface area (Å²) in [6.45, 7) is 7.19. The molecule has 0 atom stereocenters. The van der Waals surface area contributed by atoms with Crippen LogP contribution in [0, 0.1) is 0 Å². The highest BCUT2D eigenvalue weighted by Crippen LogP contribution is 2.05. The number of rotatable bonds is 0. The zero-order chi connectivity index (χ0) is 7.61. The van der Waals surface area contributed by atoms with Crippen molar-refractivity contribution in [1.82, 2.24) is 5.32 Å². The SMILES string of the molecule is CC1=NC=CC(C)(C)NC1. The molecule has 0 saturated heterocycles. The molecular weight excluding hydrogens is 124 g/mol. The lowest BCUT2D eigenvalue weighted by Crippen LogP contribution is -2.38. The van der Waals surface area contributed by atoms with E-state index in [1.54, 1.807) is 0 Å². The Morgan fingerprint density at radius 3 is 3.00 bits per heavy atom. The van der Waals surface area contributed by atoms with Gasteiger partial charge in [-0.2, -0.15) is 0 Å². The first-order valence-electron chi connectivity index (χ1n) is 3.56. The molecule has 0 aromatic rings. The topological polar surface area (TPSA) is 24.4 Å². The van der Waals surface area contributed by atoms with Crippen LogP contribution in [-0.2, 0) is 0 Å². The smallest absolute Gasteiger partial charge is 0.0344 e. The maximum absolute atomic E-state index is 4.19. The van der Waals surface area contributed by atoms with Crippen LogP contribution in [0.5, 0.6) is 0 Å². The van der Waals surface area contributed by atoms with Crippen molar-refractivity contribution >= 4 is 5.71 Å².